The van der Waals surface area contributed by atoms with Crippen LogP contribution in [-0.2, 0) is 14.3 Å². The van der Waals surface area contributed by atoms with Gasteiger partial charge in [0.2, 0.25) is 5.91 Å². The second-order valence-corrected chi connectivity index (χ2v) is 19.6. The number of aliphatic hydroxyl groups is 2. The predicted octanol–water partition coefficient (Wildman–Crippen LogP) is 17.3. The van der Waals surface area contributed by atoms with Crippen molar-refractivity contribution in [1.82, 2.24) is 5.32 Å². The monoisotopic (exact) mass is 890 g/mol. The number of rotatable bonds is 53. The van der Waals surface area contributed by atoms with Gasteiger partial charge in [0.05, 0.1) is 25.4 Å². The number of aliphatic hydroxyl groups excluding tert-OH is 2. The summed E-state index contributed by atoms with van der Waals surface area (Å²) < 4.78 is 5.46. The van der Waals surface area contributed by atoms with E-state index in [1.807, 2.05) is 6.08 Å². The molecule has 0 aromatic carbocycles. The van der Waals surface area contributed by atoms with Crippen molar-refractivity contribution in [1.29, 1.82) is 0 Å². The van der Waals surface area contributed by atoms with Gasteiger partial charge in [-0.15, -0.1) is 0 Å². The van der Waals surface area contributed by atoms with Crippen LogP contribution in [0.3, 0.4) is 0 Å². The van der Waals surface area contributed by atoms with Crippen molar-refractivity contribution >= 4 is 11.9 Å². The Morgan fingerprint density at radius 2 is 0.730 bits per heavy atom. The molecule has 6 heteroatoms. The number of unbranched alkanes of at least 4 members (excludes halogenated alkanes) is 42. The normalized spacial score (nSPS) is 12.6. The zero-order valence-corrected chi connectivity index (χ0v) is 42.6. The van der Waals surface area contributed by atoms with Crippen molar-refractivity contribution in [2.24, 2.45) is 0 Å². The first-order valence-corrected chi connectivity index (χ1v) is 28.5. The molecular formula is C57H111NO5. The fourth-order valence-corrected chi connectivity index (χ4v) is 8.93. The highest BCUT2D eigenvalue weighted by atomic mass is 16.5. The van der Waals surface area contributed by atoms with Crippen molar-refractivity contribution in [2.45, 2.75) is 328 Å². The van der Waals surface area contributed by atoms with E-state index in [-0.39, 0.29) is 18.5 Å². The van der Waals surface area contributed by atoms with E-state index in [1.165, 1.54) is 231 Å². The molecule has 0 fully saturated rings. The van der Waals surface area contributed by atoms with E-state index in [0.29, 0.717) is 19.4 Å². The minimum Gasteiger partial charge on any atom is -0.466 e. The molecule has 0 saturated carbocycles. The van der Waals surface area contributed by atoms with Gasteiger partial charge in [0, 0.05) is 12.8 Å². The molecule has 0 radical (unpaired) electrons. The van der Waals surface area contributed by atoms with Gasteiger partial charge < -0.3 is 20.3 Å². The number of allylic oxidation sites excluding steroid dienone is 1. The molecule has 0 aromatic rings. The molecule has 3 N–H and O–H groups in total. The zero-order valence-electron chi connectivity index (χ0n) is 42.6. The van der Waals surface area contributed by atoms with Crippen LogP contribution in [0, 0.1) is 0 Å². The van der Waals surface area contributed by atoms with Gasteiger partial charge in [-0.1, -0.05) is 283 Å². The Kier molecular flexibility index (Phi) is 52.0. The summed E-state index contributed by atoms with van der Waals surface area (Å²) in [6.07, 6.45) is 62.3. The first kappa shape index (κ1) is 61.6. The Morgan fingerprint density at radius 3 is 1.08 bits per heavy atom. The summed E-state index contributed by atoms with van der Waals surface area (Å²) in [5.41, 5.74) is 0. The highest BCUT2D eigenvalue weighted by Gasteiger charge is 2.18. The lowest BCUT2D eigenvalue weighted by molar-refractivity contribution is -0.143. The summed E-state index contributed by atoms with van der Waals surface area (Å²) in [6.45, 7) is 4.86. The van der Waals surface area contributed by atoms with Crippen LogP contribution in [0.5, 0.6) is 0 Å². The summed E-state index contributed by atoms with van der Waals surface area (Å²) in [4.78, 5) is 24.5. The first-order chi connectivity index (χ1) is 31.0. The van der Waals surface area contributed by atoms with Crippen LogP contribution in [0.25, 0.3) is 0 Å². The fourth-order valence-electron chi connectivity index (χ4n) is 8.93. The number of nitrogens with one attached hydrogen (secondary N) is 1. The Morgan fingerprint density at radius 1 is 0.429 bits per heavy atom. The smallest absolute Gasteiger partial charge is 0.305 e. The van der Waals surface area contributed by atoms with Crippen molar-refractivity contribution in [3.05, 3.63) is 12.2 Å². The quantitative estimate of drug-likeness (QED) is 0.0321. The zero-order chi connectivity index (χ0) is 45.8. The SMILES string of the molecule is CCCCCCCCCCCCCCCCCCCCCCC/C=C/C(O)C(CO)NC(=O)CCCCCCCCCCCOC(=O)CCCCCCCCCCCCCCCC. The second-order valence-electron chi connectivity index (χ2n) is 19.6. The maximum absolute atomic E-state index is 12.5. The summed E-state index contributed by atoms with van der Waals surface area (Å²) in [5.74, 6) is -0.116. The Balaban J connectivity index is 3.50. The van der Waals surface area contributed by atoms with Crippen LogP contribution < -0.4 is 5.32 Å². The topological polar surface area (TPSA) is 95.9 Å². The average Bonchev–Trinajstić information content (AvgIpc) is 3.28. The van der Waals surface area contributed by atoms with Gasteiger partial charge in [-0.05, 0) is 32.1 Å². The van der Waals surface area contributed by atoms with Crippen LogP contribution in [-0.4, -0.2) is 47.4 Å². The van der Waals surface area contributed by atoms with E-state index < -0.39 is 12.1 Å². The van der Waals surface area contributed by atoms with Crippen LogP contribution >= 0.6 is 0 Å². The molecule has 0 saturated heterocycles. The number of hydrogen-bond acceptors (Lipinski definition) is 5. The molecular weight excluding hydrogens is 779 g/mol. The van der Waals surface area contributed by atoms with Gasteiger partial charge in [0.15, 0.2) is 0 Å². The molecule has 0 bridgehead atoms. The third kappa shape index (κ3) is 49.9. The van der Waals surface area contributed by atoms with Crippen LogP contribution in [0.1, 0.15) is 316 Å². The highest BCUT2D eigenvalue weighted by molar-refractivity contribution is 5.76. The molecule has 0 heterocycles. The number of hydrogen-bond donors (Lipinski definition) is 3. The maximum Gasteiger partial charge on any atom is 0.305 e. The highest BCUT2D eigenvalue weighted by Crippen LogP contribution is 2.17. The fraction of sp³-hybridized carbons (Fsp3) is 0.930. The van der Waals surface area contributed by atoms with Gasteiger partial charge in [-0.3, -0.25) is 9.59 Å². The van der Waals surface area contributed by atoms with E-state index in [0.717, 1.165) is 57.8 Å². The molecule has 2 atom stereocenters. The average molecular weight is 891 g/mol. The van der Waals surface area contributed by atoms with Gasteiger partial charge in [-0.25, -0.2) is 0 Å². The van der Waals surface area contributed by atoms with Gasteiger partial charge in [-0.2, -0.15) is 0 Å². The predicted molar refractivity (Wildman–Crippen MR) is 273 cm³/mol. The second kappa shape index (κ2) is 53.2. The molecule has 0 aliphatic heterocycles. The lowest BCUT2D eigenvalue weighted by Crippen LogP contribution is -2.45. The van der Waals surface area contributed by atoms with E-state index in [9.17, 15) is 19.8 Å². The number of carbonyl (C=O) groups excluding carboxylic acids is 2. The molecule has 0 spiro atoms. The molecule has 63 heavy (non-hydrogen) atoms. The third-order valence-corrected chi connectivity index (χ3v) is 13.3. The van der Waals surface area contributed by atoms with E-state index in [1.54, 1.807) is 6.08 Å². The minimum absolute atomic E-state index is 0.0240. The van der Waals surface area contributed by atoms with Gasteiger partial charge in [0.1, 0.15) is 0 Å². The van der Waals surface area contributed by atoms with Gasteiger partial charge in [0.25, 0.3) is 0 Å². The molecule has 6 nitrogen and oxygen atoms in total. The number of ether oxygens (including phenoxy) is 1. The molecule has 1 amide bonds. The molecule has 0 aliphatic rings. The lowest BCUT2D eigenvalue weighted by atomic mass is 10.0. The summed E-state index contributed by atoms with van der Waals surface area (Å²) >= 11 is 0. The molecule has 2 unspecified atom stereocenters. The maximum atomic E-state index is 12.5. The Bertz CT molecular complexity index is 939. The van der Waals surface area contributed by atoms with Gasteiger partial charge >= 0.3 is 5.97 Å². The van der Waals surface area contributed by atoms with Crippen LogP contribution in [0.2, 0.25) is 0 Å². The van der Waals surface area contributed by atoms with Crippen LogP contribution in [0.15, 0.2) is 12.2 Å². The van der Waals surface area contributed by atoms with E-state index >= 15 is 0 Å². The van der Waals surface area contributed by atoms with Crippen molar-refractivity contribution < 1.29 is 24.5 Å². The molecule has 0 aliphatic carbocycles. The molecule has 374 valence electrons. The van der Waals surface area contributed by atoms with Crippen molar-refractivity contribution in [2.75, 3.05) is 13.2 Å². The third-order valence-electron chi connectivity index (χ3n) is 13.3. The molecule has 0 aromatic heterocycles. The lowest BCUT2D eigenvalue weighted by Gasteiger charge is -2.20. The van der Waals surface area contributed by atoms with Crippen LogP contribution in [0.4, 0.5) is 0 Å². The standard InChI is InChI=1S/C57H111NO5/c1-3-5-7-9-11-13-15-17-19-20-21-22-23-24-25-26-27-28-30-33-37-41-45-49-55(60)54(53-59)58-56(61)50-46-42-38-34-32-36-40-44-48-52-63-57(62)51-47-43-39-35-31-29-18-16-14-12-10-8-6-4-2/h45,49,54-55,59-60H,3-44,46-48,50-53H2,1-2H3,(H,58,61)/b49-45+. The number of esters is 1. The van der Waals surface area contributed by atoms with E-state index in [2.05, 4.69) is 19.2 Å². The molecule has 0 rings (SSSR count). The van der Waals surface area contributed by atoms with E-state index in [4.69, 9.17) is 4.74 Å². The minimum atomic E-state index is -0.861. The summed E-state index contributed by atoms with van der Waals surface area (Å²) in [6, 6.07) is -0.647. The Hall–Kier alpha value is -1.40. The van der Waals surface area contributed by atoms with Crippen molar-refractivity contribution in [3.63, 3.8) is 0 Å². The summed E-state index contributed by atoms with van der Waals surface area (Å²) in [5, 5.41) is 23.1. The Labute approximate surface area is 393 Å². The number of amides is 1. The number of carbonyl (C=O) groups is 2. The largest absolute Gasteiger partial charge is 0.466 e. The first-order valence-electron chi connectivity index (χ1n) is 28.5. The van der Waals surface area contributed by atoms with Crippen molar-refractivity contribution in [3.8, 4) is 0 Å². The summed E-state index contributed by atoms with van der Waals surface area (Å²) in [7, 11) is 0.